The number of likely N-dealkylation sites (N-methyl/N-ethyl adjacent to an activating group) is 1. The molecule has 2 aromatic rings. The number of aliphatic hydroxyl groups excluding tert-OH is 1. The standard InChI is InChI=1S/C26H29N3O5/c1-19(30)24(26(32)33-3)27-25(31)21-10-8-20(9-11-21)6-4-5-7-22-12-13-23(34-22)18-29-16-14-28(2)15-17-29/h8-13,19,24,30H,14-18H2,1-3H3,(H,27,31)/t19-,24-/m1/s1. The van der Waals surface area contributed by atoms with Crippen LogP contribution >= 0.6 is 0 Å². The molecule has 1 aliphatic heterocycles. The van der Waals surface area contributed by atoms with E-state index in [1.54, 1.807) is 24.3 Å². The molecule has 2 N–H and O–H groups in total. The van der Waals surface area contributed by atoms with Gasteiger partial charge in [0.05, 0.1) is 19.8 Å². The number of hydrogen-bond donors (Lipinski definition) is 2. The quantitative estimate of drug-likeness (QED) is 0.489. The highest BCUT2D eigenvalue weighted by Gasteiger charge is 2.26. The molecule has 1 saturated heterocycles. The molecule has 1 aliphatic rings. The zero-order valence-electron chi connectivity index (χ0n) is 19.6. The lowest BCUT2D eigenvalue weighted by molar-refractivity contribution is -0.145. The molecule has 8 nitrogen and oxygen atoms in total. The highest BCUT2D eigenvalue weighted by molar-refractivity contribution is 5.97. The Bertz CT molecular complexity index is 1110. The minimum Gasteiger partial charge on any atom is -0.467 e. The monoisotopic (exact) mass is 463 g/mol. The highest BCUT2D eigenvalue weighted by atomic mass is 16.5. The molecule has 0 saturated carbocycles. The fourth-order valence-corrected chi connectivity index (χ4v) is 3.39. The van der Waals surface area contributed by atoms with Crippen molar-refractivity contribution in [3.05, 3.63) is 59.0 Å². The van der Waals surface area contributed by atoms with Gasteiger partial charge in [0.1, 0.15) is 5.76 Å². The Balaban J connectivity index is 1.54. The van der Waals surface area contributed by atoms with Crippen LogP contribution in [0.15, 0.2) is 40.8 Å². The van der Waals surface area contributed by atoms with Gasteiger partial charge in [-0.1, -0.05) is 5.92 Å². The number of nitrogens with zero attached hydrogens (tertiary/aromatic N) is 2. The predicted molar refractivity (Wildman–Crippen MR) is 127 cm³/mol. The largest absolute Gasteiger partial charge is 0.467 e. The summed E-state index contributed by atoms with van der Waals surface area (Å²) in [6, 6.07) is 9.18. The molecule has 1 aromatic heterocycles. The Morgan fingerprint density at radius 3 is 2.41 bits per heavy atom. The second-order valence-electron chi connectivity index (χ2n) is 8.14. The van der Waals surface area contributed by atoms with Crippen molar-refractivity contribution in [3.63, 3.8) is 0 Å². The first-order valence-electron chi connectivity index (χ1n) is 11.0. The van der Waals surface area contributed by atoms with Crippen LogP contribution in [-0.2, 0) is 16.1 Å². The molecule has 1 amide bonds. The number of amides is 1. The Hall–Kier alpha value is -3.56. The third kappa shape index (κ3) is 7.23. The van der Waals surface area contributed by atoms with Crippen LogP contribution in [0.1, 0.15) is 34.4 Å². The molecule has 0 spiro atoms. The van der Waals surface area contributed by atoms with Crippen molar-refractivity contribution in [2.45, 2.75) is 25.6 Å². The van der Waals surface area contributed by atoms with Crippen molar-refractivity contribution >= 4 is 11.9 Å². The summed E-state index contributed by atoms with van der Waals surface area (Å²) in [5.74, 6) is 11.6. The number of methoxy groups -OCH3 is 1. The van der Waals surface area contributed by atoms with E-state index in [1.807, 2.05) is 12.1 Å². The van der Waals surface area contributed by atoms with Crippen LogP contribution in [0.3, 0.4) is 0 Å². The number of nitrogens with one attached hydrogen (secondary N) is 1. The molecule has 0 aliphatic carbocycles. The summed E-state index contributed by atoms with van der Waals surface area (Å²) in [5, 5.41) is 12.1. The first-order chi connectivity index (χ1) is 16.4. The second-order valence-corrected chi connectivity index (χ2v) is 8.14. The lowest BCUT2D eigenvalue weighted by atomic mass is 10.1. The van der Waals surface area contributed by atoms with E-state index < -0.39 is 24.0 Å². The number of carbonyl (C=O) groups is 2. The van der Waals surface area contributed by atoms with Crippen molar-refractivity contribution in [1.29, 1.82) is 0 Å². The lowest BCUT2D eigenvalue weighted by Gasteiger charge is -2.31. The molecule has 0 radical (unpaired) electrons. The van der Waals surface area contributed by atoms with Gasteiger partial charge in [-0.05, 0) is 68.1 Å². The van der Waals surface area contributed by atoms with Crippen LogP contribution < -0.4 is 5.32 Å². The molecule has 2 atom stereocenters. The Morgan fingerprint density at radius 1 is 1.09 bits per heavy atom. The van der Waals surface area contributed by atoms with Crippen molar-refractivity contribution in [1.82, 2.24) is 15.1 Å². The number of carbonyl (C=O) groups excluding carboxylic acids is 2. The Labute approximate surface area is 199 Å². The minimum atomic E-state index is -1.14. The zero-order chi connectivity index (χ0) is 24.5. The summed E-state index contributed by atoms with van der Waals surface area (Å²) >= 11 is 0. The Morgan fingerprint density at radius 2 is 1.76 bits per heavy atom. The number of hydrogen-bond acceptors (Lipinski definition) is 7. The molecule has 8 heteroatoms. The summed E-state index contributed by atoms with van der Waals surface area (Å²) in [5.41, 5.74) is 1.01. The second kappa shape index (κ2) is 12.1. The first-order valence-corrected chi connectivity index (χ1v) is 11.0. The summed E-state index contributed by atoms with van der Waals surface area (Å²) in [7, 11) is 3.32. The number of benzene rings is 1. The van der Waals surface area contributed by atoms with E-state index >= 15 is 0 Å². The van der Waals surface area contributed by atoms with Crippen molar-refractivity contribution in [3.8, 4) is 23.7 Å². The van der Waals surface area contributed by atoms with Gasteiger partial charge in [-0.2, -0.15) is 0 Å². The topological polar surface area (TPSA) is 95.3 Å². The van der Waals surface area contributed by atoms with Gasteiger partial charge in [0.15, 0.2) is 11.8 Å². The summed E-state index contributed by atoms with van der Waals surface area (Å²) < 4.78 is 10.4. The van der Waals surface area contributed by atoms with E-state index in [0.29, 0.717) is 16.9 Å². The third-order valence-corrected chi connectivity index (χ3v) is 5.46. The smallest absolute Gasteiger partial charge is 0.331 e. The van der Waals surface area contributed by atoms with Crippen LogP contribution in [-0.4, -0.2) is 79.3 Å². The van der Waals surface area contributed by atoms with Gasteiger partial charge >= 0.3 is 5.97 Å². The fraction of sp³-hybridized carbons (Fsp3) is 0.385. The van der Waals surface area contributed by atoms with Crippen molar-refractivity contribution in [2.24, 2.45) is 0 Å². The van der Waals surface area contributed by atoms with E-state index in [1.165, 1.54) is 14.0 Å². The average molecular weight is 464 g/mol. The number of rotatable bonds is 6. The van der Waals surface area contributed by atoms with Gasteiger partial charge < -0.3 is 24.5 Å². The van der Waals surface area contributed by atoms with Gasteiger partial charge in [-0.25, -0.2) is 4.79 Å². The molecule has 0 unspecified atom stereocenters. The molecule has 178 valence electrons. The number of aliphatic hydroxyl groups is 1. The van der Waals surface area contributed by atoms with Crippen LogP contribution in [0, 0.1) is 23.7 Å². The maximum Gasteiger partial charge on any atom is 0.331 e. The number of esters is 1. The van der Waals surface area contributed by atoms with E-state index in [-0.39, 0.29) is 0 Å². The number of ether oxygens (including phenoxy) is 1. The predicted octanol–water partition coefficient (Wildman–Crippen LogP) is 1.08. The van der Waals surface area contributed by atoms with Gasteiger partial charge in [0.25, 0.3) is 5.91 Å². The molecular formula is C26H29N3O5. The summed E-state index contributed by atoms with van der Waals surface area (Å²) in [6.45, 7) is 6.35. The van der Waals surface area contributed by atoms with Crippen molar-refractivity contribution < 1.29 is 23.8 Å². The zero-order valence-corrected chi connectivity index (χ0v) is 19.6. The number of furan rings is 1. The van der Waals surface area contributed by atoms with Crippen molar-refractivity contribution in [2.75, 3.05) is 40.3 Å². The highest BCUT2D eigenvalue weighted by Crippen LogP contribution is 2.11. The van der Waals surface area contributed by atoms with E-state index in [2.05, 4.69) is 50.6 Å². The van der Waals surface area contributed by atoms with E-state index in [4.69, 9.17) is 4.42 Å². The molecular weight excluding hydrogens is 434 g/mol. The van der Waals surface area contributed by atoms with Gasteiger partial charge in [0.2, 0.25) is 0 Å². The molecule has 1 fully saturated rings. The van der Waals surface area contributed by atoms with Crippen LogP contribution in [0.2, 0.25) is 0 Å². The van der Waals surface area contributed by atoms with Gasteiger partial charge in [-0.3, -0.25) is 9.69 Å². The van der Waals surface area contributed by atoms with E-state index in [9.17, 15) is 14.7 Å². The average Bonchev–Trinajstić information content (AvgIpc) is 3.28. The lowest BCUT2D eigenvalue weighted by Crippen LogP contribution is -2.48. The third-order valence-electron chi connectivity index (χ3n) is 5.46. The van der Waals surface area contributed by atoms with Crippen LogP contribution in [0.25, 0.3) is 0 Å². The maximum absolute atomic E-state index is 12.3. The summed E-state index contributed by atoms with van der Waals surface area (Å²) in [6.07, 6.45) is -1.09. The molecule has 2 heterocycles. The molecule has 1 aromatic carbocycles. The Kier molecular flexibility index (Phi) is 8.89. The van der Waals surface area contributed by atoms with Gasteiger partial charge in [0, 0.05) is 37.3 Å². The first kappa shape index (κ1) is 25.1. The summed E-state index contributed by atoms with van der Waals surface area (Å²) in [4.78, 5) is 28.7. The maximum atomic E-state index is 12.3. The SMILES string of the molecule is COC(=O)[C@H](NC(=O)c1ccc(C#CC#Cc2ccc(CN3CCN(C)CC3)o2)cc1)[C@@H](C)O. The molecule has 34 heavy (non-hydrogen) atoms. The fourth-order valence-electron chi connectivity index (χ4n) is 3.39. The van der Waals surface area contributed by atoms with Crippen LogP contribution in [0.4, 0.5) is 0 Å². The molecule has 0 bridgehead atoms. The van der Waals surface area contributed by atoms with Crippen LogP contribution in [0.5, 0.6) is 0 Å². The normalized spacial score (nSPS) is 15.8. The van der Waals surface area contributed by atoms with E-state index in [0.717, 1.165) is 38.5 Å². The number of piperazine rings is 1. The minimum absolute atomic E-state index is 0.328. The van der Waals surface area contributed by atoms with Gasteiger partial charge in [-0.15, -0.1) is 0 Å². The molecule has 3 rings (SSSR count).